The molecule has 1 saturated carbocycles. The third-order valence-corrected chi connectivity index (χ3v) is 5.91. The molecule has 0 aromatic heterocycles. The van der Waals surface area contributed by atoms with Crippen LogP contribution in [0, 0.1) is 5.82 Å². The Labute approximate surface area is 172 Å². The molecule has 0 spiro atoms. The summed E-state index contributed by atoms with van der Waals surface area (Å²) in [6.45, 7) is 0. The van der Waals surface area contributed by atoms with E-state index in [1.165, 1.54) is 6.07 Å². The lowest BCUT2D eigenvalue weighted by atomic mass is 9.93. The van der Waals surface area contributed by atoms with Gasteiger partial charge in [0.1, 0.15) is 11.6 Å². The standard InChI is InChI=1S/C21H21ClFNO5/c22-15-9-16(23)17(24-20(26)13-7-3-4-8-14(13)21(24)27)10-18(15)29-19(11-25)28-12-5-1-2-6-12/h9-12,19H,1-8H2. The number of hydrogen-bond acceptors (Lipinski definition) is 5. The summed E-state index contributed by atoms with van der Waals surface area (Å²) in [7, 11) is 0. The molecule has 0 saturated heterocycles. The van der Waals surface area contributed by atoms with Gasteiger partial charge in [-0.1, -0.05) is 24.4 Å². The summed E-state index contributed by atoms with van der Waals surface area (Å²) in [5.41, 5.74) is 0.668. The van der Waals surface area contributed by atoms with E-state index in [1.807, 2.05) is 0 Å². The Morgan fingerprint density at radius 1 is 1.07 bits per heavy atom. The number of amides is 2. The van der Waals surface area contributed by atoms with Crippen molar-refractivity contribution in [1.29, 1.82) is 0 Å². The van der Waals surface area contributed by atoms with Crippen molar-refractivity contribution in [1.82, 2.24) is 0 Å². The zero-order valence-electron chi connectivity index (χ0n) is 15.8. The number of carbonyl (C=O) groups is 3. The van der Waals surface area contributed by atoms with Crippen LogP contribution in [0.1, 0.15) is 51.4 Å². The van der Waals surface area contributed by atoms with Gasteiger partial charge in [0.25, 0.3) is 18.1 Å². The molecule has 2 aliphatic carbocycles. The van der Waals surface area contributed by atoms with Gasteiger partial charge in [0.2, 0.25) is 0 Å². The summed E-state index contributed by atoms with van der Waals surface area (Å²) in [5, 5.41) is -0.0788. The van der Waals surface area contributed by atoms with Crippen LogP contribution in [0.3, 0.4) is 0 Å². The predicted molar refractivity (Wildman–Crippen MR) is 103 cm³/mol. The molecule has 0 bridgehead atoms. The predicted octanol–water partition coefficient (Wildman–Crippen LogP) is 4.09. The number of benzene rings is 1. The van der Waals surface area contributed by atoms with Crippen LogP contribution in [-0.2, 0) is 19.1 Å². The van der Waals surface area contributed by atoms with Gasteiger partial charge >= 0.3 is 0 Å². The Morgan fingerprint density at radius 3 is 2.28 bits per heavy atom. The summed E-state index contributed by atoms with van der Waals surface area (Å²) < 4.78 is 25.8. The number of nitrogens with zero attached hydrogens (tertiary/aromatic N) is 1. The van der Waals surface area contributed by atoms with E-state index in [0.29, 0.717) is 30.3 Å². The van der Waals surface area contributed by atoms with E-state index in [9.17, 15) is 18.8 Å². The number of anilines is 1. The van der Waals surface area contributed by atoms with Crippen LogP contribution in [0.5, 0.6) is 5.75 Å². The maximum Gasteiger partial charge on any atom is 0.261 e. The van der Waals surface area contributed by atoms with Gasteiger partial charge in [0, 0.05) is 17.2 Å². The highest BCUT2D eigenvalue weighted by Crippen LogP contribution is 2.39. The number of rotatable bonds is 6. The molecule has 1 aliphatic heterocycles. The highest BCUT2D eigenvalue weighted by Gasteiger charge is 2.41. The molecule has 8 heteroatoms. The van der Waals surface area contributed by atoms with Crippen LogP contribution in [0.2, 0.25) is 5.02 Å². The Hall–Kier alpha value is -2.25. The van der Waals surface area contributed by atoms with Crippen molar-refractivity contribution in [2.45, 2.75) is 63.8 Å². The molecule has 1 aromatic rings. The molecule has 1 fully saturated rings. The number of hydrogen-bond donors (Lipinski definition) is 0. The molecule has 1 atom stereocenters. The van der Waals surface area contributed by atoms with Crippen LogP contribution in [0.25, 0.3) is 0 Å². The van der Waals surface area contributed by atoms with E-state index in [-0.39, 0.29) is 22.6 Å². The van der Waals surface area contributed by atoms with Crippen LogP contribution in [-0.4, -0.2) is 30.5 Å². The molecule has 29 heavy (non-hydrogen) atoms. The van der Waals surface area contributed by atoms with E-state index >= 15 is 0 Å². The van der Waals surface area contributed by atoms with Gasteiger partial charge in [-0.3, -0.25) is 14.4 Å². The van der Waals surface area contributed by atoms with Crippen molar-refractivity contribution in [3.05, 3.63) is 34.1 Å². The average molecular weight is 422 g/mol. The van der Waals surface area contributed by atoms with Gasteiger partial charge in [-0.2, -0.15) is 0 Å². The van der Waals surface area contributed by atoms with E-state index in [2.05, 4.69) is 0 Å². The van der Waals surface area contributed by atoms with Crippen LogP contribution >= 0.6 is 11.6 Å². The molecule has 154 valence electrons. The molecule has 0 N–H and O–H groups in total. The highest BCUT2D eigenvalue weighted by atomic mass is 35.5. The number of carbonyl (C=O) groups excluding carboxylic acids is 3. The van der Waals surface area contributed by atoms with Crippen LogP contribution < -0.4 is 9.64 Å². The second kappa shape index (κ2) is 8.24. The molecular formula is C21H21ClFNO5. The first-order valence-corrected chi connectivity index (χ1v) is 10.2. The van der Waals surface area contributed by atoms with Crippen LogP contribution in [0.15, 0.2) is 23.3 Å². The van der Waals surface area contributed by atoms with Gasteiger partial charge in [0.15, 0.2) is 6.29 Å². The van der Waals surface area contributed by atoms with Gasteiger partial charge < -0.3 is 9.47 Å². The molecule has 1 aromatic carbocycles. The minimum Gasteiger partial charge on any atom is -0.456 e. The molecule has 0 radical (unpaired) electrons. The Morgan fingerprint density at radius 2 is 1.69 bits per heavy atom. The topological polar surface area (TPSA) is 72.9 Å². The first kappa shape index (κ1) is 20.0. The van der Waals surface area contributed by atoms with Crippen LogP contribution in [0.4, 0.5) is 10.1 Å². The fourth-order valence-corrected chi connectivity index (χ4v) is 4.36. The zero-order valence-corrected chi connectivity index (χ0v) is 16.5. The van der Waals surface area contributed by atoms with Crippen molar-refractivity contribution < 1.29 is 28.2 Å². The number of imide groups is 1. The van der Waals surface area contributed by atoms with Gasteiger partial charge in [0.05, 0.1) is 16.8 Å². The maximum absolute atomic E-state index is 14.6. The Bertz CT molecular complexity index is 865. The lowest BCUT2D eigenvalue weighted by Crippen LogP contribution is -2.32. The van der Waals surface area contributed by atoms with E-state index in [4.69, 9.17) is 21.1 Å². The molecule has 2 amide bonds. The monoisotopic (exact) mass is 421 g/mol. The van der Waals surface area contributed by atoms with Crippen molar-refractivity contribution in [3.63, 3.8) is 0 Å². The third-order valence-electron chi connectivity index (χ3n) is 5.62. The first-order valence-electron chi connectivity index (χ1n) is 9.87. The van der Waals surface area contributed by atoms with Gasteiger partial charge in [-0.05, 0) is 44.6 Å². The number of aldehydes is 1. The maximum atomic E-state index is 14.6. The fourth-order valence-electron chi connectivity index (χ4n) is 4.17. The second-order valence-corrected chi connectivity index (χ2v) is 7.92. The second-order valence-electron chi connectivity index (χ2n) is 7.51. The fraction of sp³-hybridized carbons (Fsp3) is 0.476. The number of halogens is 2. The third kappa shape index (κ3) is 3.81. The van der Waals surface area contributed by atoms with E-state index in [0.717, 1.165) is 49.5 Å². The van der Waals surface area contributed by atoms with Crippen molar-refractivity contribution in [2.24, 2.45) is 0 Å². The molecule has 4 rings (SSSR count). The largest absolute Gasteiger partial charge is 0.456 e. The van der Waals surface area contributed by atoms with E-state index in [1.54, 1.807) is 0 Å². The summed E-state index contributed by atoms with van der Waals surface area (Å²) in [6.07, 6.45) is 5.61. The van der Waals surface area contributed by atoms with Crippen molar-refractivity contribution in [2.75, 3.05) is 4.90 Å². The summed E-state index contributed by atoms with van der Waals surface area (Å²) in [5.74, 6) is -1.86. The molecule has 1 unspecified atom stereocenters. The summed E-state index contributed by atoms with van der Waals surface area (Å²) in [4.78, 5) is 37.7. The normalized spacial score (nSPS) is 21.0. The first-order chi connectivity index (χ1) is 14.0. The van der Waals surface area contributed by atoms with Gasteiger partial charge in [-0.25, -0.2) is 9.29 Å². The number of ether oxygens (including phenoxy) is 2. The Balaban J connectivity index is 1.60. The Kier molecular flexibility index (Phi) is 5.69. The van der Waals surface area contributed by atoms with Crippen molar-refractivity contribution >= 4 is 35.4 Å². The summed E-state index contributed by atoms with van der Waals surface area (Å²) in [6, 6.07) is 2.15. The van der Waals surface area contributed by atoms with E-state index < -0.39 is 23.9 Å². The highest BCUT2D eigenvalue weighted by molar-refractivity contribution is 6.34. The SMILES string of the molecule is O=CC(Oc1cc(N2C(=O)C3=C(CCCC3)C2=O)c(F)cc1Cl)OC1CCCC1. The smallest absolute Gasteiger partial charge is 0.261 e. The summed E-state index contributed by atoms with van der Waals surface area (Å²) >= 11 is 6.09. The van der Waals surface area contributed by atoms with Crippen molar-refractivity contribution in [3.8, 4) is 5.75 Å². The molecule has 3 aliphatic rings. The minimum absolute atomic E-state index is 0.0244. The average Bonchev–Trinajstić information content (AvgIpc) is 3.31. The van der Waals surface area contributed by atoms with Gasteiger partial charge in [-0.15, -0.1) is 0 Å². The minimum atomic E-state index is -1.20. The molecule has 1 heterocycles. The zero-order chi connectivity index (χ0) is 20.5. The molecular weight excluding hydrogens is 401 g/mol. The lowest BCUT2D eigenvalue weighted by Gasteiger charge is -2.21. The quantitative estimate of drug-likeness (QED) is 0.393. The molecule has 6 nitrogen and oxygen atoms in total. The lowest BCUT2D eigenvalue weighted by molar-refractivity contribution is -0.146.